The van der Waals surface area contributed by atoms with E-state index in [1.165, 1.54) is 12.8 Å². The molecule has 1 unspecified atom stereocenters. The van der Waals surface area contributed by atoms with E-state index < -0.39 is 6.10 Å². The average Bonchev–Trinajstić information content (AvgIpc) is 3.20. The third-order valence-electron chi connectivity index (χ3n) is 3.13. The highest BCUT2D eigenvalue weighted by atomic mass is 79.9. The molecular weight excluding hydrogens is 310 g/mol. The molecule has 106 valence electrons. The van der Waals surface area contributed by atoms with Gasteiger partial charge in [-0.05, 0) is 31.0 Å². The first-order valence-electron chi connectivity index (χ1n) is 6.60. The van der Waals surface area contributed by atoms with Crippen molar-refractivity contribution in [1.29, 1.82) is 0 Å². The molecule has 19 heavy (non-hydrogen) atoms. The zero-order chi connectivity index (χ0) is 13.7. The molecule has 0 spiro atoms. The molecule has 2 N–H and O–H groups in total. The van der Waals surface area contributed by atoms with Gasteiger partial charge in [-0.2, -0.15) is 0 Å². The molecular formula is C14H20BrNO3. The van der Waals surface area contributed by atoms with Gasteiger partial charge in [0, 0.05) is 23.6 Å². The van der Waals surface area contributed by atoms with Crippen molar-refractivity contribution < 1.29 is 14.9 Å². The van der Waals surface area contributed by atoms with E-state index in [9.17, 15) is 5.11 Å². The first-order chi connectivity index (χ1) is 9.19. The molecule has 5 heteroatoms. The maximum atomic E-state index is 9.99. The fraction of sp³-hybridized carbons (Fsp3) is 0.571. The molecule has 0 heterocycles. The minimum absolute atomic E-state index is 0.135. The third-order valence-corrected chi connectivity index (χ3v) is 3.63. The van der Waals surface area contributed by atoms with Gasteiger partial charge >= 0.3 is 0 Å². The monoisotopic (exact) mass is 329 g/mol. The summed E-state index contributed by atoms with van der Waals surface area (Å²) in [5, 5.41) is 19.0. The number of aliphatic hydroxyl groups excluding tert-OH is 2. The normalized spacial score (nSPS) is 16.6. The van der Waals surface area contributed by atoms with Crippen LogP contribution in [0.25, 0.3) is 0 Å². The van der Waals surface area contributed by atoms with Crippen molar-refractivity contribution in [3.05, 3.63) is 28.7 Å². The molecule has 0 amide bonds. The van der Waals surface area contributed by atoms with E-state index >= 15 is 0 Å². The molecule has 1 fully saturated rings. The fourth-order valence-corrected chi connectivity index (χ4v) is 2.44. The van der Waals surface area contributed by atoms with E-state index in [1.807, 2.05) is 24.3 Å². The summed E-state index contributed by atoms with van der Waals surface area (Å²) in [5.41, 5.74) is 0. The highest BCUT2D eigenvalue weighted by molar-refractivity contribution is 9.10. The lowest BCUT2D eigenvalue weighted by molar-refractivity contribution is 0.0588. The maximum absolute atomic E-state index is 9.99. The topological polar surface area (TPSA) is 52.9 Å². The number of ether oxygens (including phenoxy) is 1. The van der Waals surface area contributed by atoms with Crippen molar-refractivity contribution in [3.63, 3.8) is 0 Å². The maximum Gasteiger partial charge on any atom is 0.120 e. The molecule has 4 nitrogen and oxygen atoms in total. The highest BCUT2D eigenvalue weighted by Crippen LogP contribution is 2.26. The Hall–Kier alpha value is -0.620. The summed E-state index contributed by atoms with van der Waals surface area (Å²) in [4.78, 5) is 2.13. The van der Waals surface area contributed by atoms with Gasteiger partial charge in [0.25, 0.3) is 0 Å². The van der Waals surface area contributed by atoms with Gasteiger partial charge < -0.3 is 14.9 Å². The van der Waals surface area contributed by atoms with Gasteiger partial charge in [-0.3, -0.25) is 4.90 Å². The third kappa shape index (κ3) is 5.10. The van der Waals surface area contributed by atoms with Crippen LogP contribution in [-0.2, 0) is 0 Å². The molecule has 1 atom stereocenters. The van der Waals surface area contributed by atoms with Crippen molar-refractivity contribution >= 4 is 15.9 Å². The van der Waals surface area contributed by atoms with E-state index in [4.69, 9.17) is 9.84 Å². The zero-order valence-electron chi connectivity index (χ0n) is 10.8. The van der Waals surface area contributed by atoms with Gasteiger partial charge in [-0.1, -0.05) is 22.0 Å². The summed E-state index contributed by atoms with van der Waals surface area (Å²) in [6.07, 6.45) is 1.80. The molecule has 1 aromatic carbocycles. The summed E-state index contributed by atoms with van der Waals surface area (Å²) >= 11 is 3.38. The summed E-state index contributed by atoms with van der Waals surface area (Å²) in [5.74, 6) is 0.744. The first kappa shape index (κ1) is 14.8. The second-order valence-corrected chi connectivity index (χ2v) is 5.79. The van der Waals surface area contributed by atoms with Gasteiger partial charge in [-0.25, -0.2) is 0 Å². The fourth-order valence-electron chi connectivity index (χ4n) is 2.06. The molecule has 0 saturated heterocycles. The number of rotatable bonds is 8. The quantitative estimate of drug-likeness (QED) is 0.761. The largest absolute Gasteiger partial charge is 0.491 e. The van der Waals surface area contributed by atoms with Gasteiger partial charge in [-0.15, -0.1) is 0 Å². The first-order valence-corrected chi connectivity index (χ1v) is 7.39. The predicted octanol–water partition coefficient (Wildman–Crippen LogP) is 1.65. The van der Waals surface area contributed by atoms with E-state index in [0.717, 1.165) is 10.2 Å². The summed E-state index contributed by atoms with van der Waals surface area (Å²) in [7, 11) is 0. The Morgan fingerprint density at radius 3 is 2.84 bits per heavy atom. The van der Waals surface area contributed by atoms with Crippen LogP contribution in [0.5, 0.6) is 5.75 Å². The van der Waals surface area contributed by atoms with Crippen LogP contribution in [-0.4, -0.2) is 53.6 Å². The second kappa shape index (κ2) is 7.24. The number of hydrogen-bond acceptors (Lipinski definition) is 4. The molecule has 0 bridgehead atoms. The molecule has 1 aliphatic carbocycles. The van der Waals surface area contributed by atoms with Crippen molar-refractivity contribution in [1.82, 2.24) is 4.90 Å². The lowest BCUT2D eigenvalue weighted by Gasteiger charge is -2.24. The summed E-state index contributed by atoms with van der Waals surface area (Å²) < 4.78 is 6.52. The van der Waals surface area contributed by atoms with Crippen LogP contribution >= 0.6 is 15.9 Å². The Morgan fingerprint density at radius 1 is 1.42 bits per heavy atom. The number of hydrogen-bond donors (Lipinski definition) is 2. The number of benzene rings is 1. The number of aliphatic hydroxyl groups is 2. The van der Waals surface area contributed by atoms with Crippen molar-refractivity contribution in [2.45, 2.75) is 25.0 Å². The van der Waals surface area contributed by atoms with E-state index in [2.05, 4.69) is 20.8 Å². The summed E-state index contributed by atoms with van der Waals surface area (Å²) in [6.45, 7) is 1.58. The SMILES string of the molecule is OCCN(CC(O)COc1cccc(Br)c1)C1CC1. The average molecular weight is 330 g/mol. The van der Waals surface area contributed by atoms with E-state index in [-0.39, 0.29) is 13.2 Å². The van der Waals surface area contributed by atoms with Gasteiger partial charge in [0.1, 0.15) is 18.5 Å². The molecule has 0 radical (unpaired) electrons. The van der Waals surface area contributed by atoms with Gasteiger partial charge in [0.2, 0.25) is 0 Å². The zero-order valence-corrected chi connectivity index (χ0v) is 12.4. The standard InChI is InChI=1S/C14H20BrNO3/c15-11-2-1-3-14(8-11)19-10-13(18)9-16(6-7-17)12-4-5-12/h1-3,8,12-13,17-18H,4-7,9-10H2. The van der Waals surface area contributed by atoms with E-state index in [1.54, 1.807) is 0 Å². The number of nitrogens with zero attached hydrogens (tertiary/aromatic N) is 1. The predicted molar refractivity (Wildman–Crippen MR) is 77.3 cm³/mol. The van der Waals surface area contributed by atoms with Crippen LogP contribution in [0.15, 0.2) is 28.7 Å². The smallest absolute Gasteiger partial charge is 0.120 e. The molecule has 0 aromatic heterocycles. The molecule has 2 rings (SSSR count). The van der Waals surface area contributed by atoms with Gasteiger partial charge in [0.05, 0.1) is 6.61 Å². The Labute approximate surface area is 122 Å². The van der Waals surface area contributed by atoms with Crippen LogP contribution in [0, 0.1) is 0 Å². The molecule has 0 aliphatic heterocycles. The Bertz CT molecular complexity index is 398. The minimum Gasteiger partial charge on any atom is -0.491 e. The van der Waals surface area contributed by atoms with E-state index in [0.29, 0.717) is 19.1 Å². The van der Waals surface area contributed by atoms with Crippen LogP contribution in [0.1, 0.15) is 12.8 Å². The van der Waals surface area contributed by atoms with Crippen LogP contribution in [0.2, 0.25) is 0 Å². The Balaban J connectivity index is 1.75. The highest BCUT2D eigenvalue weighted by Gasteiger charge is 2.29. The Morgan fingerprint density at radius 2 is 2.21 bits per heavy atom. The number of halogens is 1. The lowest BCUT2D eigenvalue weighted by Crippen LogP contribution is -2.38. The van der Waals surface area contributed by atoms with Gasteiger partial charge in [0.15, 0.2) is 0 Å². The molecule has 1 aromatic rings. The summed E-state index contributed by atoms with van der Waals surface area (Å²) in [6, 6.07) is 8.10. The van der Waals surface area contributed by atoms with Crippen molar-refractivity contribution in [2.75, 3.05) is 26.3 Å². The lowest BCUT2D eigenvalue weighted by atomic mass is 10.3. The molecule has 1 saturated carbocycles. The minimum atomic E-state index is -0.536. The second-order valence-electron chi connectivity index (χ2n) is 4.87. The van der Waals surface area contributed by atoms with Crippen molar-refractivity contribution in [3.8, 4) is 5.75 Å². The Kier molecular flexibility index (Phi) is 5.63. The van der Waals surface area contributed by atoms with Crippen LogP contribution in [0.4, 0.5) is 0 Å². The van der Waals surface area contributed by atoms with Crippen LogP contribution in [0.3, 0.4) is 0 Å². The molecule has 1 aliphatic rings. The van der Waals surface area contributed by atoms with Crippen LogP contribution < -0.4 is 4.74 Å². The van der Waals surface area contributed by atoms with Crippen molar-refractivity contribution in [2.24, 2.45) is 0 Å².